The minimum absolute atomic E-state index is 0.763. The highest BCUT2D eigenvalue weighted by Gasteiger charge is 2.46. The molecule has 2 fully saturated rings. The molecule has 0 amide bonds. The van der Waals surface area contributed by atoms with E-state index in [-0.39, 0.29) is 0 Å². The van der Waals surface area contributed by atoms with Crippen LogP contribution in [0.15, 0.2) is 0 Å². The van der Waals surface area contributed by atoms with Crippen LogP contribution in [0.25, 0.3) is 0 Å². The van der Waals surface area contributed by atoms with Crippen molar-refractivity contribution < 1.29 is 0 Å². The van der Waals surface area contributed by atoms with Gasteiger partial charge in [-0.05, 0) is 42.9 Å². The largest absolute Gasteiger partial charge is 0.0654 e. The van der Waals surface area contributed by atoms with Gasteiger partial charge in [0, 0.05) is 0 Å². The summed E-state index contributed by atoms with van der Waals surface area (Å²) in [6.45, 7) is 4.86. The fourth-order valence-corrected chi connectivity index (χ4v) is 3.61. The molecule has 2 rings (SSSR count). The molecule has 3 atom stereocenters. The van der Waals surface area contributed by atoms with Gasteiger partial charge in [0.15, 0.2) is 0 Å². The van der Waals surface area contributed by atoms with Crippen LogP contribution in [0.2, 0.25) is 0 Å². The van der Waals surface area contributed by atoms with Crippen molar-refractivity contribution in [2.24, 2.45) is 17.3 Å². The molecule has 0 radical (unpaired) electrons. The predicted molar refractivity (Wildman–Crippen MR) is 53.1 cm³/mol. The second kappa shape index (κ2) is 3.05. The van der Waals surface area contributed by atoms with E-state index in [1.54, 1.807) is 25.7 Å². The third kappa shape index (κ3) is 1.30. The molecule has 0 nitrogen and oxygen atoms in total. The highest BCUT2D eigenvalue weighted by molar-refractivity contribution is 4.97. The average molecular weight is 166 g/mol. The Bertz CT molecular complexity index is 161. The molecule has 70 valence electrons. The average Bonchev–Trinajstić information content (AvgIpc) is 2.60. The van der Waals surface area contributed by atoms with Crippen LogP contribution in [0, 0.1) is 17.3 Å². The SMILES string of the molecule is CCCC[C@@]1(C)CC2CCC1C2. The van der Waals surface area contributed by atoms with E-state index in [1.807, 2.05) is 0 Å². The van der Waals surface area contributed by atoms with Gasteiger partial charge in [0.05, 0.1) is 0 Å². The van der Waals surface area contributed by atoms with Gasteiger partial charge < -0.3 is 0 Å². The molecule has 0 aromatic heterocycles. The molecule has 12 heavy (non-hydrogen) atoms. The smallest absolute Gasteiger partial charge is 0.0295 e. The molecule has 2 aliphatic carbocycles. The fraction of sp³-hybridized carbons (Fsp3) is 1.00. The van der Waals surface area contributed by atoms with E-state index in [2.05, 4.69) is 13.8 Å². The Morgan fingerprint density at radius 2 is 2.17 bits per heavy atom. The Kier molecular flexibility index (Phi) is 2.18. The lowest BCUT2D eigenvalue weighted by Gasteiger charge is -2.34. The van der Waals surface area contributed by atoms with E-state index in [1.165, 1.54) is 19.3 Å². The summed E-state index contributed by atoms with van der Waals surface area (Å²) >= 11 is 0. The molecule has 0 saturated heterocycles. The van der Waals surface area contributed by atoms with E-state index < -0.39 is 0 Å². The number of unbranched alkanes of at least 4 members (excludes halogenated alkanes) is 1. The molecule has 2 aliphatic rings. The van der Waals surface area contributed by atoms with Gasteiger partial charge in [-0.25, -0.2) is 0 Å². The third-order valence-corrected chi connectivity index (χ3v) is 4.38. The van der Waals surface area contributed by atoms with Crippen molar-refractivity contribution in [2.45, 2.75) is 58.8 Å². The monoisotopic (exact) mass is 166 g/mol. The minimum Gasteiger partial charge on any atom is -0.0654 e. The quantitative estimate of drug-likeness (QED) is 0.594. The lowest BCUT2D eigenvalue weighted by Crippen LogP contribution is -2.23. The van der Waals surface area contributed by atoms with Crippen LogP contribution >= 0.6 is 0 Å². The molecule has 0 heteroatoms. The van der Waals surface area contributed by atoms with E-state index in [0.29, 0.717) is 0 Å². The van der Waals surface area contributed by atoms with Gasteiger partial charge in [0.2, 0.25) is 0 Å². The molecule has 2 bridgehead atoms. The molecule has 0 aliphatic heterocycles. The zero-order valence-corrected chi connectivity index (χ0v) is 8.60. The summed E-state index contributed by atoms with van der Waals surface area (Å²) in [6.07, 6.45) is 10.6. The van der Waals surface area contributed by atoms with E-state index in [9.17, 15) is 0 Å². The molecule has 0 spiro atoms. The maximum Gasteiger partial charge on any atom is -0.0295 e. The van der Waals surface area contributed by atoms with Gasteiger partial charge >= 0.3 is 0 Å². The second-order valence-corrected chi connectivity index (χ2v) is 5.34. The zero-order valence-electron chi connectivity index (χ0n) is 8.60. The highest BCUT2D eigenvalue weighted by Crippen LogP contribution is 2.57. The van der Waals surface area contributed by atoms with Crippen molar-refractivity contribution in [1.29, 1.82) is 0 Å². The minimum atomic E-state index is 0.763. The Balaban J connectivity index is 1.93. The molecular weight excluding hydrogens is 144 g/mol. The fourth-order valence-electron chi connectivity index (χ4n) is 3.61. The predicted octanol–water partition coefficient (Wildman–Crippen LogP) is 4.00. The third-order valence-electron chi connectivity index (χ3n) is 4.38. The molecule has 2 saturated carbocycles. The Morgan fingerprint density at radius 3 is 2.67 bits per heavy atom. The van der Waals surface area contributed by atoms with Crippen LogP contribution in [0.1, 0.15) is 58.8 Å². The van der Waals surface area contributed by atoms with Crippen LogP contribution in [0.4, 0.5) is 0 Å². The first-order valence-electron chi connectivity index (χ1n) is 5.74. The van der Waals surface area contributed by atoms with Crippen LogP contribution in [0.5, 0.6) is 0 Å². The Morgan fingerprint density at radius 1 is 1.33 bits per heavy atom. The Hall–Kier alpha value is 0. The van der Waals surface area contributed by atoms with Gasteiger partial charge in [-0.3, -0.25) is 0 Å². The number of rotatable bonds is 3. The highest BCUT2D eigenvalue weighted by atomic mass is 14.5. The Labute approximate surface area is 76.7 Å². The van der Waals surface area contributed by atoms with E-state index in [0.717, 1.165) is 17.3 Å². The summed E-state index contributed by atoms with van der Waals surface area (Å²) in [5, 5.41) is 0. The molecule has 0 N–H and O–H groups in total. The molecule has 0 heterocycles. The summed E-state index contributed by atoms with van der Waals surface area (Å²) in [7, 11) is 0. The lowest BCUT2D eigenvalue weighted by molar-refractivity contribution is 0.169. The van der Waals surface area contributed by atoms with E-state index >= 15 is 0 Å². The maximum atomic E-state index is 2.55. The zero-order chi connectivity index (χ0) is 8.60. The normalized spacial score (nSPS) is 45.5. The van der Waals surface area contributed by atoms with Gasteiger partial charge in [0.1, 0.15) is 0 Å². The summed E-state index contributed by atoms with van der Waals surface area (Å²) < 4.78 is 0. The van der Waals surface area contributed by atoms with Crippen molar-refractivity contribution in [3.05, 3.63) is 0 Å². The first kappa shape index (κ1) is 8.59. The molecule has 2 unspecified atom stereocenters. The van der Waals surface area contributed by atoms with Crippen molar-refractivity contribution in [3.63, 3.8) is 0 Å². The van der Waals surface area contributed by atoms with Crippen LogP contribution in [0.3, 0.4) is 0 Å². The number of hydrogen-bond donors (Lipinski definition) is 0. The van der Waals surface area contributed by atoms with Crippen molar-refractivity contribution in [3.8, 4) is 0 Å². The van der Waals surface area contributed by atoms with Crippen molar-refractivity contribution >= 4 is 0 Å². The molecular formula is C12H22. The maximum absolute atomic E-state index is 2.55. The van der Waals surface area contributed by atoms with E-state index in [4.69, 9.17) is 0 Å². The van der Waals surface area contributed by atoms with Gasteiger partial charge in [-0.15, -0.1) is 0 Å². The standard InChI is InChI=1S/C12H22/c1-3-4-7-12(2)9-10-5-6-11(12)8-10/h10-11H,3-9H2,1-2H3/t10?,11?,12-/m0/s1. The summed E-state index contributed by atoms with van der Waals surface area (Å²) in [5.74, 6) is 2.23. The van der Waals surface area contributed by atoms with Gasteiger partial charge in [0.25, 0.3) is 0 Å². The first-order chi connectivity index (χ1) is 5.74. The topological polar surface area (TPSA) is 0 Å². The van der Waals surface area contributed by atoms with Crippen LogP contribution in [-0.2, 0) is 0 Å². The second-order valence-electron chi connectivity index (χ2n) is 5.34. The van der Waals surface area contributed by atoms with Gasteiger partial charge in [-0.2, -0.15) is 0 Å². The summed E-state index contributed by atoms with van der Waals surface area (Å²) in [4.78, 5) is 0. The van der Waals surface area contributed by atoms with Crippen molar-refractivity contribution in [1.82, 2.24) is 0 Å². The molecule has 0 aromatic rings. The van der Waals surface area contributed by atoms with Gasteiger partial charge in [-0.1, -0.05) is 33.1 Å². The van der Waals surface area contributed by atoms with Crippen LogP contribution < -0.4 is 0 Å². The summed E-state index contributed by atoms with van der Waals surface area (Å²) in [5.41, 5.74) is 0.763. The summed E-state index contributed by atoms with van der Waals surface area (Å²) in [6, 6.07) is 0. The number of hydrogen-bond acceptors (Lipinski definition) is 0. The number of fused-ring (bicyclic) bond motifs is 2. The first-order valence-corrected chi connectivity index (χ1v) is 5.74. The van der Waals surface area contributed by atoms with Crippen LogP contribution in [-0.4, -0.2) is 0 Å². The van der Waals surface area contributed by atoms with Crippen molar-refractivity contribution in [2.75, 3.05) is 0 Å². The lowest BCUT2D eigenvalue weighted by atomic mass is 9.72. The molecule has 0 aromatic carbocycles.